The van der Waals surface area contributed by atoms with Gasteiger partial charge in [-0.1, -0.05) is 0 Å². The summed E-state index contributed by atoms with van der Waals surface area (Å²) in [5.74, 6) is 0.125. The molecule has 1 unspecified atom stereocenters. The maximum Gasteiger partial charge on any atom is 0.433 e. The molecular formula is C16H24F3N5S. The molecule has 0 spiro atoms. The summed E-state index contributed by atoms with van der Waals surface area (Å²) in [6.45, 7) is 8.37. The molecule has 140 valence electrons. The lowest BCUT2D eigenvalue weighted by molar-refractivity contribution is -0.141. The number of aromatic nitrogens is 2. The minimum absolute atomic E-state index is 0.136. The standard InChI is InChI=1S/C16H24F3N5S/c1-10-7-5-6-8-24(10)12-9-11(16(17,18)19)20-13(21-12)22-14(25)23-15(2,3)4/h9-10H,5-8H2,1-4H3,(H2,20,21,22,23,25). The molecule has 2 heterocycles. The van der Waals surface area contributed by atoms with Crippen molar-refractivity contribution in [3.05, 3.63) is 11.8 Å². The van der Waals surface area contributed by atoms with Gasteiger partial charge in [0.2, 0.25) is 5.95 Å². The van der Waals surface area contributed by atoms with Crippen LogP contribution in [-0.2, 0) is 6.18 Å². The van der Waals surface area contributed by atoms with Crippen LogP contribution < -0.4 is 15.5 Å². The summed E-state index contributed by atoms with van der Waals surface area (Å²) in [5, 5.41) is 5.84. The molecule has 2 N–H and O–H groups in total. The fraction of sp³-hybridized carbons (Fsp3) is 0.688. The zero-order valence-electron chi connectivity index (χ0n) is 14.9. The summed E-state index contributed by atoms with van der Waals surface area (Å²) in [4.78, 5) is 9.76. The van der Waals surface area contributed by atoms with Crippen LogP contribution >= 0.6 is 12.2 Å². The molecule has 25 heavy (non-hydrogen) atoms. The quantitative estimate of drug-likeness (QED) is 0.763. The van der Waals surface area contributed by atoms with E-state index in [2.05, 4.69) is 20.6 Å². The third-order valence-electron chi connectivity index (χ3n) is 3.81. The van der Waals surface area contributed by atoms with Gasteiger partial charge in [0.1, 0.15) is 5.82 Å². The second-order valence-corrected chi connectivity index (χ2v) is 7.71. The SMILES string of the molecule is CC1CCCCN1c1cc(C(F)(F)F)nc(NC(=S)NC(C)(C)C)n1. The summed E-state index contributed by atoms with van der Waals surface area (Å²) in [6.07, 6.45) is -1.62. The first-order chi connectivity index (χ1) is 11.5. The van der Waals surface area contributed by atoms with Crippen LogP contribution in [0.15, 0.2) is 6.07 Å². The maximum absolute atomic E-state index is 13.2. The Morgan fingerprint density at radius 1 is 1.24 bits per heavy atom. The van der Waals surface area contributed by atoms with Gasteiger partial charge in [-0.3, -0.25) is 0 Å². The number of rotatable bonds is 2. The molecule has 1 aromatic rings. The second-order valence-electron chi connectivity index (χ2n) is 7.30. The van der Waals surface area contributed by atoms with Crippen molar-refractivity contribution in [2.75, 3.05) is 16.8 Å². The summed E-state index contributed by atoms with van der Waals surface area (Å²) in [5.41, 5.74) is -1.30. The van der Waals surface area contributed by atoms with Crippen molar-refractivity contribution >= 4 is 29.1 Å². The number of halogens is 3. The largest absolute Gasteiger partial charge is 0.433 e. The smallest absolute Gasteiger partial charge is 0.358 e. The van der Waals surface area contributed by atoms with Gasteiger partial charge in [-0.25, -0.2) is 4.98 Å². The summed E-state index contributed by atoms with van der Waals surface area (Å²) >= 11 is 5.15. The van der Waals surface area contributed by atoms with Crippen molar-refractivity contribution in [3.63, 3.8) is 0 Å². The van der Waals surface area contributed by atoms with Gasteiger partial charge in [0, 0.05) is 24.2 Å². The van der Waals surface area contributed by atoms with Crippen LogP contribution in [0.5, 0.6) is 0 Å². The van der Waals surface area contributed by atoms with Gasteiger partial charge in [-0.05, 0) is 59.2 Å². The minimum Gasteiger partial charge on any atom is -0.358 e. The zero-order valence-corrected chi connectivity index (χ0v) is 15.7. The third-order valence-corrected chi connectivity index (χ3v) is 4.02. The molecule has 0 aliphatic carbocycles. The molecule has 1 aromatic heterocycles. The van der Waals surface area contributed by atoms with E-state index in [4.69, 9.17) is 12.2 Å². The first-order valence-corrected chi connectivity index (χ1v) is 8.68. The molecule has 0 saturated carbocycles. The molecule has 0 aromatic carbocycles. The van der Waals surface area contributed by atoms with Gasteiger partial charge in [0.05, 0.1) is 0 Å². The number of anilines is 2. The highest BCUT2D eigenvalue weighted by Gasteiger charge is 2.35. The zero-order chi connectivity index (χ0) is 18.8. The number of nitrogens with zero attached hydrogens (tertiary/aromatic N) is 3. The Bertz CT molecular complexity index is 627. The molecule has 5 nitrogen and oxygen atoms in total. The number of hydrogen-bond donors (Lipinski definition) is 2. The molecule has 0 radical (unpaired) electrons. The van der Waals surface area contributed by atoms with Crippen molar-refractivity contribution in [1.82, 2.24) is 15.3 Å². The number of hydrogen-bond acceptors (Lipinski definition) is 4. The van der Waals surface area contributed by atoms with Crippen LogP contribution in [0.1, 0.15) is 52.7 Å². The molecule has 0 amide bonds. The molecular weight excluding hydrogens is 351 g/mol. The molecule has 1 aliphatic heterocycles. The van der Waals surface area contributed by atoms with Crippen LogP contribution in [-0.4, -0.2) is 33.2 Å². The van der Waals surface area contributed by atoms with E-state index in [9.17, 15) is 13.2 Å². The van der Waals surface area contributed by atoms with Crippen LogP contribution in [0.2, 0.25) is 0 Å². The molecule has 9 heteroatoms. The van der Waals surface area contributed by atoms with Gasteiger partial charge in [0.15, 0.2) is 10.8 Å². The number of alkyl halides is 3. The monoisotopic (exact) mass is 375 g/mol. The van der Waals surface area contributed by atoms with Crippen molar-refractivity contribution in [1.29, 1.82) is 0 Å². The van der Waals surface area contributed by atoms with E-state index in [-0.39, 0.29) is 28.5 Å². The van der Waals surface area contributed by atoms with E-state index < -0.39 is 11.9 Å². The van der Waals surface area contributed by atoms with Crippen molar-refractivity contribution < 1.29 is 13.2 Å². The Morgan fingerprint density at radius 3 is 2.48 bits per heavy atom. The Balaban J connectivity index is 2.32. The van der Waals surface area contributed by atoms with Gasteiger partial charge in [0.25, 0.3) is 0 Å². The van der Waals surface area contributed by atoms with Crippen LogP contribution in [0.3, 0.4) is 0 Å². The Labute approximate surface area is 151 Å². The Kier molecular flexibility index (Phi) is 5.75. The summed E-state index contributed by atoms with van der Waals surface area (Å²) in [6, 6.07) is 1.14. The molecule has 1 saturated heterocycles. The van der Waals surface area contributed by atoms with Gasteiger partial charge in [-0.2, -0.15) is 18.2 Å². The Hall–Kier alpha value is -1.64. The highest BCUT2D eigenvalue weighted by molar-refractivity contribution is 7.80. The summed E-state index contributed by atoms with van der Waals surface area (Å²) < 4.78 is 39.7. The predicted molar refractivity (Wildman–Crippen MR) is 96.8 cm³/mol. The number of piperidine rings is 1. The maximum atomic E-state index is 13.2. The molecule has 2 rings (SSSR count). The lowest BCUT2D eigenvalue weighted by Gasteiger charge is -2.34. The van der Waals surface area contributed by atoms with Crippen LogP contribution in [0, 0.1) is 0 Å². The lowest BCUT2D eigenvalue weighted by Crippen LogP contribution is -2.43. The first-order valence-electron chi connectivity index (χ1n) is 8.28. The van der Waals surface area contributed by atoms with E-state index in [0.717, 1.165) is 25.3 Å². The van der Waals surface area contributed by atoms with E-state index in [1.165, 1.54) is 0 Å². The van der Waals surface area contributed by atoms with Crippen LogP contribution in [0.25, 0.3) is 0 Å². The van der Waals surface area contributed by atoms with Gasteiger partial charge in [-0.15, -0.1) is 0 Å². The highest BCUT2D eigenvalue weighted by Crippen LogP contribution is 2.32. The van der Waals surface area contributed by atoms with Crippen molar-refractivity contribution in [2.45, 2.75) is 64.7 Å². The average Bonchev–Trinajstić information content (AvgIpc) is 2.44. The average molecular weight is 375 g/mol. The Morgan fingerprint density at radius 2 is 1.92 bits per heavy atom. The minimum atomic E-state index is -4.55. The molecule has 1 atom stereocenters. The molecule has 1 aliphatic rings. The number of nitrogens with one attached hydrogen (secondary N) is 2. The van der Waals surface area contributed by atoms with E-state index in [1.54, 1.807) is 0 Å². The molecule has 0 bridgehead atoms. The lowest BCUT2D eigenvalue weighted by atomic mass is 10.0. The fourth-order valence-electron chi connectivity index (χ4n) is 2.69. The van der Waals surface area contributed by atoms with E-state index in [0.29, 0.717) is 6.54 Å². The summed E-state index contributed by atoms with van der Waals surface area (Å²) in [7, 11) is 0. The van der Waals surface area contributed by atoms with E-state index >= 15 is 0 Å². The predicted octanol–water partition coefficient (Wildman–Crippen LogP) is 3.96. The first kappa shape index (κ1) is 19.7. The topological polar surface area (TPSA) is 53.1 Å². The van der Waals surface area contributed by atoms with Crippen molar-refractivity contribution in [2.24, 2.45) is 0 Å². The van der Waals surface area contributed by atoms with Gasteiger partial charge < -0.3 is 15.5 Å². The number of thiocarbonyl (C=S) groups is 1. The van der Waals surface area contributed by atoms with Crippen molar-refractivity contribution in [3.8, 4) is 0 Å². The van der Waals surface area contributed by atoms with Gasteiger partial charge >= 0.3 is 6.18 Å². The second kappa shape index (κ2) is 7.31. The highest BCUT2D eigenvalue weighted by atomic mass is 32.1. The third kappa shape index (κ3) is 5.69. The molecule has 1 fully saturated rings. The van der Waals surface area contributed by atoms with Crippen LogP contribution in [0.4, 0.5) is 24.9 Å². The fourth-order valence-corrected chi connectivity index (χ4v) is 3.09. The van der Waals surface area contributed by atoms with E-state index in [1.807, 2.05) is 32.6 Å². The normalized spacial score (nSPS) is 18.8.